The first-order valence-corrected chi connectivity index (χ1v) is 10.2. The first kappa shape index (κ1) is 22.6. The van der Waals surface area contributed by atoms with Crippen LogP contribution in [0, 0.1) is 6.92 Å². The summed E-state index contributed by atoms with van der Waals surface area (Å²) in [5.74, 6) is -0.408. The molecule has 1 aliphatic rings. The fraction of sp³-hybridized carbons (Fsp3) is 0.238. The first-order valence-electron chi connectivity index (χ1n) is 9.84. The molecule has 0 unspecified atom stereocenters. The van der Waals surface area contributed by atoms with Crippen molar-refractivity contribution in [2.75, 3.05) is 29.9 Å². The van der Waals surface area contributed by atoms with Crippen molar-refractivity contribution in [1.82, 2.24) is 20.1 Å². The molecule has 0 atom stereocenters. The second kappa shape index (κ2) is 8.74. The van der Waals surface area contributed by atoms with Crippen LogP contribution < -0.4 is 15.5 Å². The lowest BCUT2D eigenvalue weighted by atomic mass is 10.2. The first-order chi connectivity index (χ1) is 15.6. The number of carbonyl (C=O) groups is 2. The van der Waals surface area contributed by atoms with E-state index in [1.54, 1.807) is 25.1 Å². The Labute approximate surface area is 191 Å². The highest BCUT2D eigenvalue weighted by Crippen LogP contribution is 2.30. The molecule has 1 fully saturated rings. The molecular weight excluding hydrogens is 461 g/mol. The quantitative estimate of drug-likeness (QED) is 0.599. The van der Waals surface area contributed by atoms with Crippen molar-refractivity contribution in [2.45, 2.75) is 13.1 Å². The molecule has 12 heteroatoms. The summed E-state index contributed by atoms with van der Waals surface area (Å²) in [6.07, 6.45) is -2.47. The Morgan fingerprint density at radius 3 is 2.64 bits per heavy atom. The fourth-order valence-electron chi connectivity index (χ4n) is 3.43. The minimum Gasteiger partial charge on any atom is -0.359 e. The van der Waals surface area contributed by atoms with Gasteiger partial charge in [-0.05, 0) is 37.3 Å². The summed E-state index contributed by atoms with van der Waals surface area (Å²) in [5.41, 5.74) is 0.878. The maximum atomic E-state index is 12.8. The third kappa shape index (κ3) is 4.77. The monoisotopic (exact) mass is 478 g/mol. The second-order valence-electron chi connectivity index (χ2n) is 7.35. The second-order valence-corrected chi connectivity index (χ2v) is 7.76. The van der Waals surface area contributed by atoms with E-state index < -0.39 is 17.6 Å². The number of alkyl halides is 3. The van der Waals surface area contributed by atoms with Gasteiger partial charge in [0.2, 0.25) is 5.91 Å². The maximum Gasteiger partial charge on any atom is 0.417 e. The number of rotatable bonds is 4. The van der Waals surface area contributed by atoms with Crippen LogP contribution in [0.4, 0.5) is 24.5 Å². The Hall–Kier alpha value is -3.60. The van der Waals surface area contributed by atoms with Gasteiger partial charge in [-0.3, -0.25) is 9.59 Å². The Morgan fingerprint density at radius 1 is 1.21 bits per heavy atom. The number of piperazine rings is 1. The molecule has 8 nitrogen and oxygen atoms in total. The van der Waals surface area contributed by atoms with E-state index in [1.807, 2.05) is 4.90 Å². The average molecular weight is 479 g/mol. The van der Waals surface area contributed by atoms with Crippen LogP contribution in [0.25, 0.3) is 5.82 Å². The van der Waals surface area contributed by atoms with Crippen molar-refractivity contribution in [3.05, 3.63) is 64.6 Å². The number of pyridine rings is 1. The molecule has 1 aromatic carbocycles. The van der Waals surface area contributed by atoms with Gasteiger partial charge < -0.3 is 15.5 Å². The zero-order chi connectivity index (χ0) is 23.8. The molecule has 2 N–H and O–H groups in total. The number of halogens is 4. The molecule has 3 aromatic rings. The number of nitrogens with zero attached hydrogens (tertiary/aromatic N) is 4. The molecule has 0 spiro atoms. The standard InChI is InChI=1S/C21H18ClF3N6O2/c1-12-15(10-28-31(12)18-5-2-13(9-27-18)21(23,24)25)20(33)29-14-3-4-17(16(22)8-14)30-7-6-26-19(32)11-30/h2-5,8-10H,6-7,11H2,1H3,(H,26,32)(H,29,33). The molecule has 33 heavy (non-hydrogen) atoms. The number of amides is 2. The topological polar surface area (TPSA) is 92.2 Å². The van der Waals surface area contributed by atoms with Crippen molar-refractivity contribution in [1.29, 1.82) is 0 Å². The Morgan fingerprint density at radius 2 is 2.00 bits per heavy atom. The van der Waals surface area contributed by atoms with Gasteiger partial charge in [0.05, 0.1) is 40.3 Å². The van der Waals surface area contributed by atoms with E-state index in [4.69, 9.17) is 11.6 Å². The highest BCUT2D eigenvalue weighted by Gasteiger charge is 2.31. The van der Waals surface area contributed by atoms with Crippen LogP contribution in [0.1, 0.15) is 21.6 Å². The summed E-state index contributed by atoms with van der Waals surface area (Å²) in [4.78, 5) is 30.0. The van der Waals surface area contributed by atoms with Gasteiger partial charge >= 0.3 is 6.18 Å². The maximum absolute atomic E-state index is 12.8. The van der Waals surface area contributed by atoms with Crippen LogP contribution in [-0.4, -0.2) is 46.2 Å². The summed E-state index contributed by atoms with van der Waals surface area (Å²) in [6, 6.07) is 7.06. The third-order valence-electron chi connectivity index (χ3n) is 5.13. The molecule has 172 valence electrons. The number of aromatic nitrogens is 3. The van der Waals surface area contributed by atoms with E-state index in [9.17, 15) is 22.8 Å². The minimum absolute atomic E-state index is 0.0929. The van der Waals surface area contributed by atoms with Crippen LogP contribution in [0.15, 0.2) is 42.7 Å². The number of benzene rings is 1. The molecule has 0 saturated carbocycles. The van der Waals surface area contributed by atoms with E-state index in [-0.39, 0.29) is 23.8 Å². The molecule has 0 radical (unpaired) electrons. The molecule has 0 aliphatic carbocycles. The average Bonchev–Trinajstić information content (AvgIpc) is 3.15. The van der Waals surface area contributed by atoms with Gasteiger partial charge in [-0.2, -0.15) is 18.3 Å². The zero-order valence-electron chi connectivity index (χ0n) is 17.3. The molecular formula is C21H18ClF3N6O2. The molecule has 2 aromatic heterocycles. The molecule has 0 bridgehead atoms. The van der Waals surface area contributed by atoms with Crippen molar-refractivity contribution < 1.29 is 22.8 Å². The summed E-state index contributed by atoms with van der Waals surface area (Å²) in [6.45, 7) is 2.94. The van der Waals surface area contributed by atoms with E-state index in [1.165, 1.54) is 16.9 Å². The fourth-order valence-corrected chi connectivity index (χ4v) is 3.73. The smallest absolute Gasteiger partial charge is 0.359 e. The van der Waals surface area contributed by atoms with Crippen molar-refractivity contribution in [2.24, 2.45) is 0 Å². The van der Waals surface area contributed by atoms with E-state index in [0.29, 0.717) is 41.4 Å². The van der Waals surface area contributed by atoms with Gasteiger partial charge in [-0.1, -0.05) is 11.6 Å². The van der Waals surface area contributed by atoms with Crippen molar-refractivity contribution >= 4 is 34.8 Å². The number of anilines is 2. The van der Waals surface area contributed by atoms with Crippen molar-refractivity contribution in [3.63, 3.8) is 0 Å². The molecule has 2 amide bonds. The van der Waals surface area contributed by atoms with E-state index in [0.717, 1.165) is 6.07 Å². The lowest BCUT2D eigenvalue weighted by molar-refractivity contribution is -0.137. The number of hydrogen-bond donors (Lipinski definition) is 2. The Balaban J connectivity index is 1.50. The van der Waals surface area contributed by atoms with E-state index >= 15 is 0 Å². The van der Waals surface area contributed by atoms with Crippen LogP contribution in [0.2, 0.25) is 5.02 Å². The van der Waals surface area contributed by atoms with Gasteiger partial charge in [0.15, 0.2) is 5.82 Å². The van der Waals surface area contributed by atoms with Gasteiger partial charge in [-0.25, -0.2) is 9.67 Å². The highest BCUT2D eigenvalue weighted by atomic mass is 35.5. The normalized spacial score (nSPS) is 14.2. The molecule has 4 rings (SSSR count). The molecule has 3 heterocycles. The zero-order valence-corrected chi connectivity index (χ0v) is 18.0. The third-order valence-corrected chi connectivity index (χ3v) is 5.43. The molecule has 1 saturated heterocycles. The lowest BCUT2D eigenvalue weighted by Gasteiger charge is -2.29. The number of hydrogen-bond acceptors (Lipinski definition) is 5. The van der Waals surface area contributed by atoms with Crippen LogP contribution in [0.5, 0.6) is 0 Å². The van der Waals surface area contributed by atoms with Gasteiger partial charge in [0.1, 0.15) is 0 Å². The number of carbonyl (C=O) groups excluding carboxylic acids is 2. The van der Waals surface area contributed by atoms with Crippen LogP contribution in [-0.2, 0) is 11.0 Å². The minimum atomic E-state index is -4.49. The van der Waals surface area contributed by atoms with Gasteiger partial charge in [0, 0.05) is 25.0 Å². The molecule has 1 aliphatic heterocycles. The van der Waals surface area contributed by atoms with Gasteiger partial charge in [0.25, 0.3) is 5.91 Å². The predicted molar refractivity (Wildman–Crippen MR) is 116 cm³/mol. The summed E-state index contributed by atoms with van der Waals surface area (Å²) >= 11 is 6.37. The lowest BCUT2D eigenvalue weighted by Crippen LogP contribution is -2.47. The highest BCUT2D eigenvalue weighted by molar-refractivity contribution is 6.33. The number of nitrogens with one attached hydrogen (secondary N) is 2. The Kier molecular flexibility index (Phi) is 5.98. The van der Waals surface area contributed by atoms with Crippen molar-refractivity contribution in [3.8, 4) is 5.82 Å². The van der Waals surface area contributed by atoms with Gasteiger partial charge in [-0.15, -0.1) is 0 Å². The van der Waals surface area contributed by atoms with Crippen LogP contribution in [0.3, 0.4) is 0 Å². The summed E-state index contributed by atoms with van der Waals surface area (Å²) in [5, 5.41) is 9.93. The van der Waals surface area contributed by atoms with E-state index in [2.05, 4.69) is 20.7 Å². The SMILES string of the molecule is Cc1c(C(=O)Nc2ccc(N3CCNC(=O)C3)c(Cl)c2)cnn1-c1ccc(C(F)(F)F)cn1. The summed E-state index contributed by atoms with van der Waals surface area (Å²) in [7, 11) is 0. The largest absolute Gasteiger partial charge is 0.417 e. The summed E-state index contributed by atoms with van der Waals surface area (Å²) < 4.78 is 39.5. The van der Waals surface area contributed by atoms with Crippen LogP contribution >= 0.6 is 11.6 Å². The Bertz CT molecular complexity index is 1210. The predicted octanol–water partition coefficient (Wildman–Crippen LogP) is 3.44.